The third kappa shape index (κ3) is 2.85. The highest BCUT2D eigenvalue weighted by Gasteiger charge is 2.48. The predicted octanol–water partition coefficient (Wildman–Crippen LogP) is 3.23. The molecule has 3 rings (SSSR count). The third-order valence-corrected chi connectivity index (χ3v) is 6.43. The van der Waals surface area contributed by atoms with E-state index in [0.29, 0.717) is 0 Å². The summed E-state index contributed by atoms with van der Waals surface area (Å²) in [5, 5.41) is 0. The van der Waals surface area contributed by atoms with Gasteiger partial charge in [0.1, 0.15) is 0 Å². The summed E-state index contributed by atoms with van der Waals surface area (Å²) >= 11 is 0. The molecule has 110 valence electrons. The Morgan fingerprint density at radius 3 is 2.05 bits per heavy atom. The number of hydrogen-bond donors (Lipinski definition) is 0. The monoisotopic (exact) mass is 264 g/mol. The molecule has 2 nitrogen and oxygen atoms in total. The fourth-order valence-corrected chi connectivity index (χ4v) is 4.71. The second-order valence-corrected chi connectivity index (χ2v) is 7.98. The summed E-state index contributed by atoms with van der Waals surface area (Å²) < 4.78 is 0. The van der Waals surface area contributed by atoms with Crippen LogP contribution in [0.15, 0.2) is 0 Å². The van der Waals surface area contributed by atoms with Crippen LogP contribution in [0.5, 0.6) is 0 Å². The van der Waals surface area contributed by atoms with Crippen LogP contribution in [0.4, 0.5) is 0 Å². The van der Waals surface area contributed by atoms with E-state index in [0.717, 1.165) is 23.3 Å². The molecule has 1 saturated heterocycles. The average molecular weight is 264 g/mol. The number of hydrogen-bond acceptors (Lipinski definition) is 2. The molecular formula is C17H32N2. The van der Waals surface area contributed by atoms with Crippen LogP contribution < -0.4 is 0 Å². The molecule has 2 aliphatic carbocycles. The highest BCUT2D eigenvalue weighted by molar-refractivity contribution is 5.01. The minimum absolute atomic E-state index is 0.777. The van der Waals surface area contributed by atoms with Crippen LogP contribution >= 0.6 is 0 Å². The molecule has 3 aliphatic rings. The molecule has 2 heteroatoms. The molecule has 0 radical (unpaired) electrons. The van der Waals surface area contributed by atoms with Gasteiger partial charge in [0.15, 0.2) is 0 Å². The number of piperazine rings is 1. The van der Waals surface area contributed by atoms with Crippen molar-refractivity contribution in [3.63, 3.8) is 0 Å². The van der Waals surface area contributed by atoms with Gasteiger partial charge in [0.05, 0.1) is 0 Å². The van der Waals surface area contributed by atoms with Crippen LogP contribution in [0.3, 0.4) is 0 Å². The maximum absolute atomic E-state index is 2.78. The van der Waals surface area contributed by atoms with Crippen molar-refractivity contribution in [2.24, 2.45) is 17.3 Å². The van der Waals surface area contributed by atoms with Crippen molar-refractivity contribution < 1.29 is 0 Å². The summed E-state index contributed by atoms with van der Waals surface area (Å²) in [6, 6.07) is 0.935. The van der Waals surface area contributed by atoms with E-state index < -0.39 is 0 Å². The Labute approximate surface area is 119 Å². The standard InChI is InChI=1S/C17H32N2/c1-14(2)15-4-6-17(7-5-15)12-16(13-17)19-10-8-18(3)9-11-19/h14-16H,4-13H2,1-3H3. The third-order valence-electron chi connectivity index (χ3n) is 6.43. The minimum Gasteiger partial charge on any atom is -0.304 e. The van der Waals surface area contributed by atoms with Crippen molar-refractivity contribution in [1.29, 1.82) is 0 Å². The van der Waals surface area contributed by atoms with Gasteiger partial charge in [0, 0.05) is 32.2 Å². The maximum Gasteiger partial charge on any atom is 0.0113 e. The van der Waals surface area contributed by atoms with Crippen molar-refractivity contribution in [3.05, 3.63) is 0 Å². The fourth-order valence-electron chi connectivity index (χ4n) is 4.71. The van der Waals surface area contributed by atoms with Gasteiger partial charge in [-0.05, 0) is 62.8 Å². The lowest BCUT2D eigenvalue weighted by molar-refractivity contribution is -0.0502. The summed E-state index contributed by atoms with van der Waals surface area (Å²) in [4.78, 5) is 5.25. The molecule has 1 aliphatic heterocycles. The lowest BCUT2D eigenvalue weighted by Gasteiger charge is -2.56. The quantitative estimate of drug-likeness (QED) is 0.755. The van der Waals surface area contributed by atoms with E-state index in [2.05, 4.69) is 30.7 Å². The number of rotatable bonds is 2. The molecule has 0 unspecified atom stereocenters. The molecule has 0 aromatic rings. The second-order valence-electron chi connectivity index (χ2n) is 7.98. The SMILES string of the molecule is CC(C)C1CCC2(CC1)CC(N1CCN(C)CC1)C2. The van der Waals surface area contributed by atoms with E-state index in [4.69, 9.17) is 0 Å². The van der Waals surface area contributed by atoms with Gasteiger partial charge >= 0.3 is 0 Å². The molecule has 0 aromatic carbocycles. The van der Waals surface area contributed by atoms with E-state index in [1.165, 1.54) is 64.7 Å². The molecule has 19 heavy (non-hydrogen) atoms. The minimum atomic E-state index is 0.777. The zero-order chi connectivity index (χ0) is 13.5. The van der Waals surface area contributed by atoms with Gasteiger partial charge in [0.25, 0.3) is 0 Å². The average Bonchev–Trinajstić information content (AvgIpc) is 2.37. The van der Waals surface area contributed by atoms with Crippen LogP contribution in [0.1, 0.15) is 52.4 Å². The van der Waals surface area contributed by atoms with Gasteiger partial charge in [0.2, 0.25) is 0 Å². The van der Waals surface area contributed by atoms with Gasteiger partial charge in [-0.25, -0.2) is 0 Å². The van der Waals surface area contributed by atoms with E-state index in [-0.39, 0.29) is 0 Å². The summed E-state index contributed by atoms with van der Waals surface area (Å²) in [5.41, 5.74) is 0.777. The molecule has 2 saturated carbocycles. The Morgan fingerprint density at radius 1 is 0.947 bits per heavy atom. The lowest BCUT2D eigenvalue weighted by Crippen LogP contribution is -2.57. The zero-order valence-corrected chi connectivity index (χ0v) is 13.2. The molecule has 1 heterocycles. The maximum atomic E-state index is 2.78. The summed E-state index contributed by atoms with van der Waals surface area (Å²) in [6.45, 7) is 10.0. The zero-order valence-electron chi connectivity index (χ0n) is 13.2. The van der Waals surface area contributed by atoms with Gasteiger partial charge in [-0.3, -0.25) is 4.90 Å². The van der Waals surface area contributed by atoms with Crippen molar-refractivity contribution in [3.8, 4) is 0 Å². The highest BCUT2D eigenvalue weighted by Crippen LogP contribution is 2.55. The van der Waals surface area contributed by atoms with Gasteiger partial charge in [-0.2, -0.15) is 0 Å². The van der Waals surface area contributed by atoms with E-state index in [1.807, 2.05) is 0 Å². The van der Waals surface area contributed by atoms with Crippen molar-refractivity contribution in [1.82, 2.24) is 9.80 Å². The Bertz CT molecular complexity index is 288. The van der Waals surface area contributed by atoms with Gasteiger partial charge in [-0.1, -0.05) is 13.8 Å². The van der Waals surface area contributed by atoms with Crippen LogP contribution in [-0.2, 0) is 0 Å². The Morgan fingerprint density at radius 2 is 1.53 bits per heavy atom. The van der Waals surface area contributed by atoms with Crippen LogP contribution in [0.2, 0.25) is 0 Å². The fraction of sp³-hybridized carbons (Fsp3) is 1.00. The molecular weight excluding hydrogens is 232 g/mol. The number of nitrogens with zero attached hydrogens (tertiary/aromatic N) is 2. The van der Waals surface area contributed by atoms with E-state index >= 15 is 0 Å². The topological polar surface area (TPSA) is 6.48 Å². The molecule has 0 amide bonds. The first-order valence-electron chi connectivity index (χ1n) is 8.51. The van der Waals surface area contributed by atoms with Crippen molar-refractivity contribution >= 4 is 0 Å². The first kappa shape index (κ1) is 13.9. The molecule has 0 aromatic heterocycles. The Hall–Kier alpha value is -0.0800. The first-order valence-corrected chi connectivity index (χ1v) is 8.51. The van der Waals surface area contributed by atoms with Gasteiger partial charge in [-0.15, -0.1) is 0 Å². The normalized spacial score (nSPS) is 41.7. The van der Waals surface area contributed by atoms with Crippen molar-refractivity contribution in [2.75, 3.05) is 33.2 Å². The lowest BCUT2D eigenvalue weighted by atomic mass is 9.55. The van der Waals surface area contributed by atoms with Crippen LogP contribution in [0.25, 0.3) is 0 Å². The number of likely N-dealkylation sites (N-methyl/N-ethyl adjacent to an activating group) is 1. The molecule has 0 bridgehead atoms. The summed E-state index contributed by atoms with van der Waals surface area (Å²) in [6.07, 6.45) is 9.10. The first-order chi connectivity index (χ1) is 9.08. The van der Waals surface area contributed by atoms with Crippen LogP contribution in [-0.4, -0.2) is 49.1 Å². The van der Waals surface area contributed by atoms with E-state index in [1.54, 1.807) is 0 Å². The molecule has 0 atom stereocenters. The summed E-state index contributed by atoms with van der Waals surface area (Å²) in [7, 11) is 2.26. The molecule has 0 N–H and O–H groups in total. The van der Waals surface area contributed by atoms with E-state index in [9.17, 15) is 0 Å². The van der Waals surface area contributed by atoms with Crippen molar-refractivity contribution in [2.45, 2.75) is 58.4 Å². The highest BCUT2D eigenvalue weighted by atomic mass is 15.3. The van der Waals surface area contributed by atoms with Crippen LogP contribution in [0, 0.1) is 17.3 Å². The second kappa shape index (κ2) is 5.37. The predicted molar refractivity (Wildman–Crippen MR) is 81.3 cm³/mol. The molecule has 3 fully saturated rings. The molecule has 1 spiro atoms. The summed E-state index contributed by atoms with van der Waals surface area (Å²) in [5.74, 6) is 1.93. The van der Waals surface area contributed by atoms with Gasteiger partial charge < -0.3 is 4.90 Å². The smallest absolute Gasteiger partial charge is 0.0113 e. The largest absolute Gasteiger partial charge is 0.304 e. The Kier molecular flexibility index (Phi) is 3.92. The Balaban J connectivity index is 1.45.